The smallest absolute Gasteiger partial charge is 0.306 e. The normalized spacial score (nSPS) is 22.8. The van der Waals surface area contributed by atoms with E-state index in [9.17, 15) is 9.59 Å². The van der Waals surface area contributed by atoms with E-state index in [1.54, 1.807) is 11.3 Å². The first-order chi connectivity index (χ1) is 9.58. The SMILES string of the molecule is CC1CC(C(=O)O)CCN1C(=O)CCCc1cccs1. The molecule has 0 bridgehead atoms. The topological polar surface area (TPSA) is 57.6 Å². The summed E-state index contributed by atoms with van der Waals surface area (Å²) in [5, 5.41) is 11.1. The second-order valence-electron chi connectivity index (χ2n) is 5.43. The molecule has 1 aromatic heterocycles. The van der Waals surface area contributed by atoms with E-state index in [4.69, 9.17) is 5.11 Å². The molecular weight excluding hydrogens is 274 g/mol. The van der Waals surface area contributed by atoms with Crippen LogP contribution in [0.15, 0.2) is 17.5 Å². The summed E-state index contributed by atoms with van der Waals surface area (Å²) in [5.74, 6) is -0.861. The van der Waals surface area contributed by atoms with E-state index in [0.29, 0.717) is 25.8 Å². The second kappa shape index (κ2) is 6.88. The molecule has 2 rings (SSSR count). The Morgan fingerprint density at radius 1 is 1.50 bits per heavy atom. The Balaban J connectivity index is 1.76. The van der Waals surface area contributed by atoms with Crippen LogP contribution in [-0.2, 0) is 16.0 Å². The summed E-state index contributed by atoms with van der Waals surface area (Å²) in [6.45, 7) is 2.53. The van der Waals surface area contributed by atoms with Crippen molar-refractivity contribution in [2.75, 3.05) is 6.54 Å². The molecule has 2 atom stereocenters. The van der Waals surface area contributed by atoms with Crippen LogP contribution in [0, 0.1) is 5.92 Å². The Labute approximate surface area is 123 Å². The highest BCUT2D eigenvalue weighted by Crippen LogP contribution is 2.24. The minimum atomic E-state index is -0.735. The van der Waals surface area contributed by atoms with Gasteiger partial charge in [-0.25, -0.2) is 0 Å². The zero-order valence-corrected chi connectivity index (χ0v) is 12.6. The minimum Gasteiger partial charge on any atom is -0.481 e. The summed E-state index contributed by atoms with van der Waals surface area (Å²) in [7, 11) is 0. The first kappa shape index (κ1) is 15.0. The molecule has 0 spiro atoms. The molecule has 1 aromatic rings. The zero-order valence-electron chi connectivity index (χ0n) is 11.7. The van der Waals surface area contributed by atoms with Crippen molar-refractivity contribution < 1.29 is 14.7 Å². The Kier molecular flexibility index (Phi) is 5.17. The van der Waals surface area contributed by atoms with Crippen molar-refractivity contribution in [2.45, 2.75) is 45.1 Å². The number of carboxylic acid groups (broad SMARTS) is 1. The van der Waals surface area contributed by atoms with Crippen LogP contribution in [0.4, 0.5) is 0 Å². The predicted molar refractivity (Wildman–Crippen MR) is 78.8 cm³/mol. The number of hydrogen-bond acceptors (Lipinski definition) is 3. The van der Waals surface area contributed by atoms with Crippen LogP contribution in [0.2, 0.25) is 0 Å². The number of carboxylic acids is 1. The van der Waals surface area contributed by atoms with E-state index in [-0.39, 0.29) is 17.9 Å². The van der Waals surface area contributed by atoms with Gasteiger partial charge in [0.15, 0.2) is 0 Å². The maximum absolute atomic E-state index is 12.2. The van der Waals surface area contributed by atoms with Gasteiger partial charge in [-0.1, -0.05) is 6.07 Å². The lowest BCUT2D eigenvalue weighted by Crippen LogP contribution is -2.46. The molecule has 1 fully saturated rings. The summed E-state index contributed by atoms with van der Waals surface area (Å²) in [6.07, 6.45) is 3.52. The van der Waals surface area contributed by atoms with Crippen molar-refractivity contribution in [1.82, 2.24) is 4.90 Å². The average molecular weight is 295 g/mol. The van der Waals surface area contributed by atoms with Crippen molar-refractivity contribution in [3.8, 4) is 0 Å². The first-order valence-electron chi connectivity index (χ1n) is 7.12. The third-order valence-electron chi connectivity index (χ3n) is 3.94. The van der Waals surface area contributed by atoms with Gasteiger partial charge >= 0.3 is 5.97 Å². The summed E-state index contributed by atoms with van der Waals surface area (Å²) in [4.78, 5) is 26.3. The molecule has 110 valence electrons. The molecule has 1 N–H and O–H groups in total. The number of carbonyl (C=O) groups is 2. The van der Waals surface area contributed by atoms with Crippen molar-refractivity contribution in [2.24, 2.45) is 5.92 Å². The van der Waals surface area contributed by atoms with E-state index in [1.165, 1.54) is 4.88 Å². The first-order valence-corrected chi connectivity index (χ1v) is 8.00. The quantitative estimate of drug-likeness (QED) is 0.908. The largest absolute Gasteiger partial charge is 0.481 e. The number of aryl methyl sites for hydroxylation is 1. The Hall–Kier alpha value is -1.36. The van der Waals surface area contributed by atoms with Crippen LogP contribution < -0.4 is 0 Å². The standard InChI is InChI=1S/C15H21NO3S/c1-11-10-12(15(18)19)7-8-16(11)14(17)6-2-4-13-5-3-9-20-13/h3,5,9,11-12H,2,4,6-8,10H2,1H3,(H,18,19). The minimum absolute atomic E-state index is 0.0408. The fourth-order valence-corrected chi connectivity index (χ4v) is 3.53. The summed E-state index contributed by atoms with van der Waals surface area (Å²) in [5.41, 5.74) is 0. The summed E-state index contributed by atoms with van der Waals surface area (Å²) < 4.78 is 0. The number of piperidine rings is 1. The molecule has 2 unspecified atom stereocenters. The molecule has 2 heterocycles. The number of nitrogens with zero attached hydrogens (tertiary/aromatic N) is 1. The third kappa shape index (κ3) is 3.82. The highest BCUT2D eigenvalue weighted by molar-refractivity contribution is 7.09. The summed E-state index contributed by atoms with van der Waals surface area (Å²) >= 11 is 1.72. The Morgan fingerprint density at radius 3 is 2.90 bits per heavy atom. The van der Waals surface area contributed by atoms with Crippen molar-refractivity contribution in [3.05, 3.63) is 22.4 Å². The average Bonchev–Trinajstić information content (AvgIpc) is 2.91. The van der Waals surface area contributed by atoms with Crippen molar-refractivity contribution in [1.29, 1.82) is 0 Å². The van der Waals surface area contributed by atoms with E-state index in [2.05, 4.69) is 11.4 Å². The molecular formula is C15H21NO3S. The molecule has 0 aromatic carbocycles. The molecule has 20 heavy (non-hydrogen) atoms. The number of thiophene rings is 1. The van der Waals surface area contributed by atoms with Gasteiger partial charge in [0, 0.05) is 23.9 Å². The van der Waals surface area contributed by atoms with Crippen molar-refractivity contribution >= 4 is 23.2 Å². The van der Waals surface area contributed by atoms with Gasteiger partial charge in [-0.2, -0.15) is 0 Å². The third-order valence-corrected chi connectivity index (χ3v) is 4.88. The van der Waals surface area contributed by atoms with Crippen molar-refractivity contribution in [3.63, 3.8) is 0 Å². The maximum atomic E-state index is 12.2. The fourth-order valence-electron chi connectivity index (χ4n) is 2.78. The molecule has 1 amide bonds. The van der Waals surface area contributed by atoms with Gasteiger partial charge in [-0.3, -0.25) is 9.59 Å². The predicted octanol–water partition coefficient (Wildman–Crippen LogP) is 2.78. The van der Waals surface area contributed by atoms with Gasteiger partial charge in [0.05, 0.1) is 5.92 Å². The molecule has 0 saturated carbocycles. The molecule has 5 heteroatoms. The molecule has 1 aliphatic rings. The van der Waals surface area contributed by atoms with Crippen LogP contribution >= 0.6 is 11.3 Å². The van der Waals surface area contributed by atoms with Crippen LogP contribution in [0.5, 0.6) is 0 Å². The number of carbonyl (C=O) groups excluding carboxylic acids is 1. The van der Waals surface area contributed by atoms with E-state index < -0.39 is 5.97 Å². The van der Waals surface area contributed by atoms with Crippen LogP contribution in [0.1, 0.15) is 37.5 Å². The van der Waals surface area contributed by atoms with E-state index in [1.807, 2.05) is 17.9 Å². The van der Waals surface area contributed by atoms with Gasteiger partial charge in [0.2, 0.25) is 5.91 Å². The Morgan fingerprint density at radius 2 is 2.30 bits per heavy atom. The van der Waals surface area contributed by atoms with Gasteiger partial charge in [0.1, 0.15) is 0 Å². The van der Waals surface area contributed by atoms with Crippen LogP contribution in [-0.4, -0.2) is 34.5 Å². The molecule has 0 radical (unpaired) electrons. The van der Waals surface area contributed by atoms with E-state index in [0.717, 1.165) is 12.8 Å². The lowest BCUT2D eigenvalue weighted by Gasteiger charge is -2.36. The molecule has 1 saturated heterocycles. The molecule has 1 aliphatic heterocycles. The fraction of sp³-hybridized carbons (Fsp3) is 0.600. The highest BCUT2D eigenvalue weighted by Gasteiger charge is 2.31. The van der Waals surface area contributed by atoms with Crippen LogP contribution in [0.25, 0.3) is 0 Å². The number of hydrogen-bond donors (Lipinski definition) is 1. The van der Waals surface area contributed by atoms with Gasteiger partial charge in [-0.15, -0.1) is 11.3 Å². The number of aliphatic carboxylic acids is 1. The lowest BCUT2D eigenvalue weighted by atomic mass is 9.91. The molecule has 4 nitrogen and oxygen atoms in total. The summed E-state index contributed by atoms with van der Waals surface area (Å²) in [6, 6.07) is 4.16. The Bertz CT molecular complexity index is 458. The monoisotopic (exact) mass is 295 g/mol. The second-order valence-corrected chi connectivity index (χ2v) is 6.46. The number of rotatable bonds is 5. The zero-order chi connectivity index (χ0) is 14.5. The number of amides is 1. The van der Waals surface area contributed by atoms with Gasteiger partial charge < -0.3 is 10.0 Å². The van der Waals surface area contributed by atoms with Crippen LogP contribution in [0.3, 0.4) is 0 Å². The van der Waals surface area contributed by atoms with E-state index >= 15 is 0 Å². The highest BCUT2D eigenvalue weighted by atomic mass is 32.1. The number of likely N-dealkylation sites (tertiary alicyclic amines) is 1. The van der Waals surface area contributed by atoms with Gasteiger partial charge in [0.25, 0.3) is 0 Å². The van der Waals surface area contributed by atoms with Gasteiger partial charge in [-0.05, 0) is 44.1 Å². The maximum Gasteiger partial charge on any atom is 0.306 e. The lowest BCUT2D eigenvalue weighted by molar-refractivity contribution is -0.147. The molecule has 0 aliphatic carbocycles.